The molecule has 0 amide bonds. The van der Waals surface area contributed by atoms with Gasteiger partial charge in [0.15, 0.2) is 0 Å². The number of likely N-dealkylation sites (N-methyl/N-ethyl adjacent to an activating group) is 1. The second-order valence-electron chi connectivity index (χ2n) is 6.31. The van der Waals surface area contributed by atoms with Crippen molar-refractivity contribution >= 4 is 0 Å². The van der Waals surface area contributed by atoms with Crippen molar-refractivity contribution in [1.29, 1.82) is 0 Å². The van der Waals surface area contributed by atoms with Gasteiger partial charge in [0.25, 0.3) is 0 Å². The summed E-state index contributed by atoms with van der Waals surface area (Å²) in [5.41, 5.74) is 1.35. The summed E-state index contributed by atoms with van der Waals surface area (Å²) in [4.78, 5) is 4.98. The Morgan fingerprint density at radius 2 is 1.61 bits per heavy atom. The first kappa shape index (κ1) is 16.0. The first-order valence-electron chi connectivity index (χ1n) is 8.52. The molecule has 3 nitrogen and oxygen atoms in total. The van der Waals surface area contributed by atoms with Crippen LogP contribution >= 0.6 is 0 Å². The lowest BCUT2D eigenvalue weighted by Gasteiger charge is -2.32. The molecule has 0 unspecified atom stereocenters. The van der Waals surface area contributed by atoms with Gasteiger partial charge in [-0.15, -0.1) is 0 Å². The monoisotopic (exact) mass is 310 g/mol. The minimum atomic E-state index is 0.891. The first-order chi connectivity index (χ1) is 11.3. The van der Waals surface area contributed by atoms with E-state index in [4.69, 9.17) is 4.74 Å². The van der Waals surface area contributed by atoms with Crippen molar-refractivity contribution in [3.8, 4) is 11.5 Å². The molecule has 0 radical (unpaired) electrons. The van der Waals surface area contributed by atoms with E-state index in [1.54, 1.807) is 0 Å². The molecule has 2 aromatic rings. The lowest BCUT2D eigenvalue weighted by Crippen LogP contribution is -2.44. The van der Waals surface area contributed by atoms with E-state index in [9.17, 15) is 0 Å². The van der Waals surface area contributed by atoms with Gasteiger partial charge >= 0.3 is 0 Å². The maximum atomic E-state index is 5.91. The van der Waals surface area contributed by atoms with E-state index < -0.39 is 0 Å². The molecule has 1 aliphatic heterocycles. The number of hydrogen-bond acceptors (Lipinski definition) is 3. The van der Waals surface area contributed by atoms with Crippen LogP contribution in [0.5, 0.6) is 11.5 Å². The maximum Gasteiger partial charge on any atom is 0.127 e. The van der Waals surface area contributed by atoms with Crippen molar-refractivity contribution in [3.63, 3.8) is 0 Å². The Bertz CT molecular complexity index is 592. The highest BCUT2D eigenvalue weighted by Gasteiger charge is 2.12. The summed E-state index contributed by atoms with van der Waals surface area (Å²) < 4.78 is 5.91. The van der Waals surface area contributed by atoms with Gasteiger partial charge in [-0.05, 0) is 56.3 Å². The summed E-state index contributed by atoms with van der Waals surface area (Å²) in [6.07, 6.45) is 2.32. The Morgan fingerprint density at radius 1 is 0.870 bits per heavy atom. The van der Waals surface area contributed by atoms with Crippen LogP contribution in [0.15, 0.2) is 54.6 Å². The van der Waals surface area contributed by atoms with E-state index >= 15 is 0 Å². The van der Waals surface area contributed by atoms with Crippen LogP contribution in [-0.4, -0.2) is 49.6 Å². The average molecular weight is 310 g/mol. The minimum absolute atomic E-state index is 0.891. The second kappa shape index (κ2) is 8.14. The molecule has 2 aromatic carbocycles. The lowest BCUT2D eigenvalue weighted by atomic mass is 10.1. The Morgan fingerprint density at radius 3 is 2.39 bits per heavy atom. The number of para-hydroxylation sites is 1. The molecule has 0 saturated carbocycles. The molecule has 0 N–H and O–H groups in total. The van der Waals surface area contributed by atoms with Crippen molar-refractivity contribution in [2.45, 2.75) is 12.8 Å². The fourth-order valence-electron chi connectivity index (χ4n) is 2.97. The molecule has 1 heterocycles. The first-order valence-corrected chi connectivity index (χ1v) is 8.52. The third-order valence-corrected chi connectivity index (χ3v) is 4.41. The van der Waals surface area contributed by atoms with E-state index in [0.29, 0.717) is 0 Å². The quantitative estimate of drug-likeness (QED) is 0.810. The van der Waals surface area contributed by atoms with Gasteiger partial charge in [0.05, 0.1) is 0 Å². The van der Waals surface area contributed by atoms with Crippen LogP contribution in [0.3, 0.4) is 0 Å². The molecule has 0 aliphatic carbocycles. The van der Waals surface area contributed by atoms with Gasteiger partial charge in [-0.2, -0.15) is 0 Å². The molecule has 23 heavy (non-hydrogen) atoms. The normalized spacial score (nSPS) is 16.4. The van der Waals surface area contributed by atoms with Crippen LogP contribution in [0.4, 0.5) is 0 Å². The predicted molar refractivity (Wildman–Crippen MR) is 95.2 cm³/mol. The fraction of sp³-hybridized carbons (Fsp3) is 0.400. The molecule has 3 rings (SSSR count). The zero-order valence-corrected chi connectivity index (χ0v) is 13.9. The number of hydrogen-bond donors (Lipinski definition) is 0. The highest BCUT2D eigenvalue weighted by Crippen LogP contribution is 2.22. The van der Waals surface area contributed by atoms with Gasteiger partial charge in [-0.25, -0.2) is 0 Å². The van der Waals surface area contributed by atoms with Crippen molar-refractivity contribution in [2.24, 2.45) is 0 Å². The molecule has 1 saturated heterocycles. The van der Waals surface area contributed by atoms with Crippen LogP contribution < -0.4 is 4.74 Å². The van der Waals surface area contributed by atoms with Crippen LogP contribution in [0.25, 0.3) is 0 Å². The SMILES string of the molecule is CN1CCN(CCCc2cccc(Oc3ccccc3)c2)CC1. The number of ether oxygens (including phenoxy) is 1. The Kier molecular flexibility index (Phi) is 5.67. The van der Waals surface area contributed by atoms with Crippen molar-refractivity contribution in [3.05, 3.63) is 60.2 Å². The second-order valence-corrected chi connectivity index (χ2v) is 6.31. The summed E-state index contributed by atoms with van der Waals surface area (Å²) in [6, 6.07) is 18.4. The molecule has 0 aromatic heterocycles. The molecule has 122 valence electrons. The highest BCUT2D eigenvalue weighted by atomic mass is 16.5. The maximum absolute atomic E-state index is 5.91. The Balaban J connectivity index is 1.48. The number of piperazine rings is 1. The molecule has 3 heteroatoms. The summed E-state index contributed by atoms with van der Waals surface area (Å²) >= 11 is 0. The standard InChI is InChI=1S/C20H26N2O/c1-21-13-15-22(16-14-21)12-6-8-18-7-5-11-20(17-18)23-19-9-3-2-4-10-19/h2-5,7,9-11,17H,6,8,12-16H2,1H3. The summed E-state index contributed by atoms with van der Waals surface area (Å²) in [7, 11) is 2.20. The largest absolute Gasteiger partial charge is 0.457 e. The molecular weight excluding hydrogens is 284 g/mol. The number of nitrogens with zero attached hydrogens (tertiary/aromatic N) is 2. The molecule has 0 atom stereocenters. The van der Waals surface area contributed by atoms with E-state index in [2.05, 4.69) is 35.0 Å². The number of rotatable bonds is 6. The predicted octanol–water partition coefficient (Wildman–Crippen LogP) is 3.66. The van der Waals surface area contributed by atoms with Crippen LogP contribution in [-0.2, 0) is 6.42 Å². The number of benzene rings is 2. The van der Waals surface area contributed by atoms with E-state index in [0.717, 1.165) is 17.9 Å². The highest BCUT2D eigenvalue weighted by molar-refractivity contribution is 5.33. The minimum Gasteiger partial charge on any atom is -0.457 e. The Labute approximate surface area is 139 Å². The van der Waals surface area contributed by atoms with Crippen molar-refractivity contribution in [2.75, 3.05) is 39.8 Å². The molecule has 1 fully saturated rings. The van der Waals surface area contributed by atoms with Gasteiger partial charge in [0.1, 0.15) is 11.5 Å². The topological polar surface area (TPSA) is 15.7 Å². The van der Waals surface area contributed by atoms with Crippen molar-refractivity contribution in [1.82, 2.24) is 9.80 Å². The van der Waals surface area contributed by atoms with E-state index in [-0.39, 0.29) is 0 Å². The zero-order chi connectivity index (χ0) is 15.9. The average Bonchev–Trinajstić information content (AvgIpc) is 2.58. The van der Waals surface area contributed by atoms with E-state index in [1.807, 2.05) is 36.4 Å². The Hall–Kier alpha value is -1.84. The summed E-state index contributed by atoms with van der Waals surface area (Å²) in [5, 5.41) is 0. The molecule has 0 bridgehead atoms. The summed E-state index contributed by atoms with van der Waals surface area (Å²) in [5.74, 6) is 1.82. The van der Waals surface area contributed by atoms with Crippen LogP contribution in [0, 0.1) is 0 Å². The number of aryl methyl sites for hydroxylation is 1. The van der Waals surface area contributed by atoms with Crippen molar-refractivity contribution < 1.29 is 4.74 Å². The molecular formula is C20H26N2O. The van der Waals surface area contributed by atoms with Gasteiger partial charge in [-0.1, -0.05) is 30.3 Å². The van der Waals surface area contributed by atoms with Gasteiger partial charge < -0.3 is 14.5 Å². The smallest absolute Gasteiger partial charge is 0.127 e. The molecule has 1 aliphatic rings. The fourth-order valence-corrected chi connectivity index (χ4v) is 2.97. The lowest BCUT2D eigenvalue weighted by molar-refractivity contribution is 0.153. The summed E-state index contributed by atoms with van der Waals surface area (Å²) in [6.45, 7) is 5.99. The van der Waals surface area contributed by atoms with Gasteiger partial charge in [0, 0.05) is 26.2 Å². The third-order valence-electron chi connectivity index (χ3n) is 4.41. The van der Waals surface area contributed by atoms with Crippen LogP contribution in [0.2, 0.25) is 0 Å². The van der Waals surface area contributed by atoms with Gasteiger partial charge in [0.2, 0.25) is 0 Å². The third kappa shape index (κ3) is 5.08. The van der Waals surface area contributed by atoms with Gasteiger partial charge in [-0.3, -0.25) is 0 Å². The molecule has 0 spiro atoms. The zero-order valence-electron chi connectivity index (χ0n) is 13.9. The van der Waals surface area contributed by atoms with Crippen LogP contribution in [0.1, 0.15) is 12.0 Å². The van der Waals surface area contributed by atoms with E-state index in [1.165, 1.54) is 44.7 Å².